The van der Waals surface area contributed by atoms with Crippen LogP contribution in [0.4, 0.5) is 11.7 Å². The maximum absolute atomic E-state index is 10.7. The normalized spacial score (nSPS) is 13.3. The van der Waals surface area contributed by atoms with Crippen molar-refractivity contribution in [2.24, 2.45) is 5.73 Å². The number of fused-ring (bicyclic) bond motifs is 1. The second-order valence-electron chi connectivity index (χ2n) is 5.83. The first-order valence-corrected chi connectivity index (χ1v) is 6.63. The Kier molecular flexibility index (Phi) is 4.10. The van der Waals surface area contributed by atoms with Crippen molar-refractivity contribution in [1.82, 2.24) is 4.98 Å². The van der Waals surface area contributed by atoms with Gasteiger partial charge in [-0.3, -0.25) is 15.8 Å². The van der Waals surface area contributed by atoms with Crippen molar-refractivity contribution in [1.29, 1.82) is 0 Å². The van der Waals surface area contributed by atoms with Gasteiger partial charge in [0.1, 0.15) is 11.7 Å². The summed E-state index contributed by atoms with van der Waals surface area (Å²) in [6, 6.07) is 4.68. The quantitative estimate of drug-likeness (QED) is 0.362. The summed E-state index contributed by atoms with van der Waals surface area (Å²) >= 11 is 0. The van der Waals surface area contributed by atoms with Crippen molar-refractivity contribution in [3.8, 4) is 0 Å². The van der Waals surface area contributed by atoms with E-state index < -0.39 is 4.92 Å². The van der Waals surface area contributed by atoms with Crippen LogP contribution >= 0.6 is 0 Å². The molecule has 0 aliphatic carbocycles. The first kappa shape index (κ1) is 15.2. The van der Waals surface area contributed by atoms with Gasteiger partial charge in [-0.1, -0.05) is 0 Å². The molecule has 0 aliphatic heterocycles. The molecule has 0 saturated carbocycles. The van der Waals surface area contributed by atoms with Crippen LogP contribution in [0.1, 0.15) is 6.42 Å². The van der Waals surface area contributed by atoms with Gasteiger partial charge < -0.3 is 14.2 Å². The number of non-ortho nitro benzene ring substituents is 1. The molecule has 0 amide bonds. The largest absolute Gasteiger partial charge is 0.424 e. The summed E-state index contributed by atoms with van der Waals surface area (Å²) in [7, 11) is 6.09. The molecule has 21 heavy (non-hydrogen) atoms. The first-order valence-electron chi connectivity index (χ1n) is 6.63. The van der Waals surface area contributed by atoms with E-state index in [9.17, 15) is 10.1 Å². The lowest BCUT2D eigenvalue weighted by Crippen LogP contribution is -2.51. The maximum Gasteiger partial charge on any atom is 0.295 e. The van der Waals surface area contributed by atoms with Crippen LogP contribution in [0.3, 0.4) is 0 Å². The number of hydrogen-bond donors (Lipinski definition) is 2. The van der Waals surface area contributed by atoms with Crippen LogP contribution in [0, 0.1) is 10.1 Å². The van der Waals surface area contributed by atoms with E-state index in [2.05, 4.69) is 10.3 Å². The van der Waals surface area contributed by atoms with Crippen LogP contribution in [-0.2, 0) is 0 Å². The van der Waals surface area contributed by atoms with Crippen LogP contribution in [-0.4, -0.2) is 48.2 Å². The second-order valence-corrected chi connectivity index (χ2v) is 5.83. The number of nitro groups is 1. The fourth-order valence-corrected chi connectivity index (χ4v) is 1.82. The Morgan fingerprint density at radius 2 is 2.19 bits per heavy atom. The molecule has 0 saturated heterocycles. The monoisotopic (exact) mass is 294 g/mol. The lowest BCUT2D eigenvalue weighted by molar-refractivity contribution is -0.895. The highest BCUT2D eigenvalue weighted by atomic mass is 16.6. The van der Waals surface area contributed by atoms with Crippen molar-refractivity contribution in [3.63, 3.8) is 0 Å². The van der Waals surface area contributed by atoms with Gasteiger partial charge in [-0.05, 0) is 6.07 Å². The molecular formula is C13H20N5O3+. The molecule has 3 N–H and O–H groups in total. The van der Waals surface area contributed by atoms with Gasteiger partial charge in [0.2, 0.25) is 0 Å². The number of rotatable bonds is 6. The Morgan fingerprint density at radius 3 is 2.81 bits per heavy atom. The third-order valence-corrected chi connectivity index (χ3v) is 3.29. The predicted molar refractivity (Wildman–Crippen MR) is 79.8 cm³/mol. The molecule has 8 nitrogen and oxygen atoms in total. The fourth-order valence-electron chi connectivity index (χ4n) is 1.82. The molecule has 0 spiro atoms. The molecule has 1 aromatic heterocycles. The van der Waals surface area contributed by atoms with Crippen LogP contribution < -0.4 is 11.1 Å². The molecule has 1 atom stereocenters. The van der Waals surface area contributed by atoms with E-state index in [1.807, 2.05) is 21.1 Å². The highest BCUT2D eigenvalue weighted by Crippen LogP contribution is 2.23. The van der Waals surface area contributed by atoms with E-state index in [0.717, 1.165) is 6.42 Å². The van der Waals surface area contributed by atoms with E-state index in [1.54, 1.807) is 6.07 Å². The Balaban J connectivity index is 2.01. The number of nitrogens with two attached hydrogens (primary N) is 1. The van der Waals surface area contributed by atoms with E-state index in [4.69, 9.17) is 10.2 Å². The molecule has 2 aromatic rings. The number of nitrogens with zero attached hydrogens (tertiary/aromatic N) is 3. The van der Waals surface area contributed by atoms with Crippen LogP contribution in [0.15, 0.2) is 22.6 Å². The summed E-state index contributed by atoms with van der Waals surface area (Å²) in [5, 5.41) is 13.8. The van der Waals surface area contributed by atoms with Gasteiger partial charge >= 0.3 is 0 Å². The minimum atomic E-state index is -0.457. The van der Waals surface area contributed by atoms with E-state index in [1.165, 1.54) is 12.1 Å². The number of nitro benzene ring substituents is 1. The number of oxazole rings is 1. The topological polar surface area (TPSA) is 107 Å². The molecular weight excluding hydrogens is 274 g/mol. The number of hydrogen-bond acceptors (Lipinski definition) is 6. The van der Waals surface area contributed by atoms with Gasteiger partial charge in [0, 0.05) is 25.1 Å². The average molecular weight is 294 g/mol. The lowest BCUT2D eigenvalue weighted by atomic mass is 10.3. The van der Waals surface area contributed by atoms with Gasteiger partial charge in [0.15, 0.2) is 5.58 Å². The molecule has 0 radical (unpaired) electrons. The standard InChI is InChI=1S/C13H20N5O3/c1-18(2,3)12(14)6-7-15-13-16-10-8-9(17(19)20)4-5-11(10)21-13/h4-5,8,12H,6-7,14H2,1-3H3,(H,15,16)/q+1. The van der Waals surface area contributed by atoms with Gasteiger partial charge in [0.05, 0.1) is 26.1 Å². The lowest BCUT2D eigenvalue weighted by Gasteiger charge is -2.31. The summed E-state index contributed by atoms with van der Waals surface area (Å²) in [6.45, 7) is 0.617. The Bertz CT molecular complexity index is 647. The Hall–Kier alpha value is -2.19. The molecule has 2 rings (SSSR count). The SMILES string of the molecule is C[N+](C)(C)C(N)CCNc1nc2cc([N+](=O)[O-])ccc2o1. The zero-order chi connectivity index (χ0) is 15.6. The Labute approximate surface area is 122 Å². The van der Waals surface area contributed by atoms with Gasteiger partial charge in [-0.15, -0.1) is 0 Å². The number of aromatic nitrogens is 1. The fraction of sp³-hybridized carbons (Fsp3) is 0.462. The van der Waals surface area contributed by atoms with Crippen molar-refractivity contribution in [2.75, 3.05) is 33.0 Å². The minimum absolute atomic E-state index is 0.00275. The highest BCUT2D eigenvalue weighted by molar-refractivity contribution is 5.77. The van der Waals surface area contributed by atoms with Crippen molar-refractivity contribution in [3.05, 3.63) is 28.3 Å². The molecule has 114 valence electrons. The van der Waals surface area contributed by atoms with Gasteiger partial charge in [0.25, 0.3) is 11.7 Å². The zero-order valence-corrected chi connectivity index (χ0v) is 12.4. The molecule has 0 aliphatic rings. The summed E-state index contributed by atoms with van der Waals surface area (Å²) in [4.78, 5) is 14.4. The van der Waals surface area contributed by atoms with E-state index in [-0.39, 0.29) is 11.9 Å². The number of nitrogens with one attached hydrogen (secondary N) is 1. The summed E-state index contributed by atoms with van der Waals surface area (Å²) in [6.07, 6.45) is 0.755. The van der Waals surface area contributed by atoms with Crippen molar-refractivity contribution >= 4 is 22.8 Å². The second kappa shape index (κ2) is 5.66. The molecule has 0 bridgehead atoms. The zero-order valence-electron chi connectivity index (χ0n) is 12.4. The van der Waals surface area contributed by atoms with Crippen LogP contribution in [0.25, 0.3) is 11.1 Å². The molecule has 1 heterocycles. The summed E-state index contributed by atoms with van der Waals surface area (Å²) in [5.41, 5.74) is 7.02. The smallest absolute Gasteiger partial charge is 0.295 e. The van der Waals surface area contributed by atoms with Crippen LogP contribution in [0.5, 0.6) is 0 Å². The summed E-state index contributed by atoms with van der Waals surface area (Å²) in [5.74, 6) is 0. The highest BCUT2D eigenvalue weighted by Gasteiger charge is 2.18. The van der Waals surface area contributed by atoms with Gasteiger partial charge in [-0.25, -0.2) is 0 Å². The average Bonchev–Trinajstić information content (AvgIpc) is 2.78. The van der Waals surface area contributed by atoms with E-state index >= 15 is 0 Å². The molecule has 8 heteroatoms. The minimum Gasteiger partial charge on any atom is -0.424 e. The number of benzene rings is 1. The summed E-state index contributed by atoms with van der Waals surface area (Å²) < 4.78 is 6.15. The third-order valence-electron chi connectivity index (χ3n) is 3.29. The predicted octanol–water partition coefficient (Wildman–Crippen LogP) is 1.53. The van der Waals surface area contributed by atoms with Crippen molar-refractivity contribution in [2.45, 2.75) is 12.6 Å². The number of anilines is 1. The first-order chi connectivity index (χ1) is 9.77. The van der Waals surface area contributed by atoms with E-state index in [0.29, 0.717) is 28.1 Å². The van der Waals surface area contributed by atoms with Crippen LogP contribution in [0.2, 0.25) is 0 Å². The van der Waals surface area contributed by atoms with Gasteiger partial charge in [-0.2, -0.15) is 4.98 Å². The Morgan fingerprint density at radius 1 is 1.48 bits per heavy atom. The molecule has 1 aromatic carbocycles. The third kappa shape index (κ3) is 3.67. The molecule has 0 fully saturated rings. The molecule has 1 unspecified atom stereocenters. The van der Waals surface area contributed by atoms with Crippen molar-refractivity contribution < 1.29 is 13.8 Å². The maximum atomic E-state index is 10.7. The number of quaternary nitrogens is 1.